The predicted octanol–water partition coefficient (Wildman–Crippen LogP) is 4.71. The van der Waals surface area contributed by atoms with Gasteiger partial charge >= 0.3 is 0 Å². The molecule has 0 spiro atoms. The summed E-state index contributed by atoms with van der Waals surface area (Å²) < 4.78 is 26.8. The van der Waals surface area contributed by atoms with E-state index >= 15 is 0 Å². The lowest BCUT2D eigenvalue weighted by Crippen LogP contribution is -2.51. The van der Waals surface area contributed by atoms with Crippen molar-refractivity contribution >= 4 is 66.7 Å². The molecule has 186 valence electrons. The van der Waals surface area contributed by atoms with Crippen LogP contribution < -0.4 is 9.62 Å². The Balaban J connectivity index is 2.40. The Morgan fingerprint density at radius 3 is 2.32 bits per heavy atom. The van der Waals surface area contributed by atoms with Crippen molar-refractivity contribution in [1.29, 1.82) is 0 Å². The quantitative estimate of drug-likeness (QED) is 0.433. The lowest BCUT2D eigenvalue weighted by Gasteiger charge is -2.32. The summed E-state index contributed by atoms with van der Waals surface area (Å²) in [5, 5.41) is 3.60. The first-order chi connectivity index (χ1) is 15.8. The minimum Gasteiger partial charge on any atom is -0.354 e. The molecule has 0 saturated heterocycles. The highest BCUT2D eigenvalue weighted by Crippen LogP contribution is 2.25. The van der Waals surface area contributed by atoms with E-state index in [2.05, 4.69) is 21.2 Å². The Hall–Kier alpha value is -1.81. The fraction of sp³-hybridized carbons (Fsp3) is 0.391. The first-order valence-electron chi connectivity index (χ1n) is 10.5. The van der Waals surface area contributed by atoms with Gasteiger partial charge < -0.3 is 10.2 Å². The van der Waals surface area contributed by atoms with Crippen LogP contribution in [-0.2, 0) is 26.2 Å². The molecular formula is C23H28BrCl2N3O4S. The van der Waals surface area contributed by atoms with Gasteiger partial charge in [0.15, 0.2) is 0 Å². The van der Waals surface area contributed by atoms with Crippen molar-refractivity contribution in [2.24, 2.45) is 5.92 Å². The Kier molecular flexibility index (Phi) is 10.2. The molecule has 0 bridgehead atoms. The van der Waals surface area contributed by atoms with Crippen molar-refractivity contribution in [2.45, 2.75) is 33.4 Å². The maximum Gasteiger partial charge on any atom is 0.244 e. The molecule has 0 aliphatic rings. The third kappa shape index (κ3) is 8.15. The number of halogens is 3. The number of sulfonamides is 1. The number of carbonyl (C=O) groups is 2. The highest BCUT2D eigenvalue weighted by Gasteiger charge is 2.30. The molecule has 0 heterocycles. The van der Waals surface area contributed by atoms with Gasteiger partial charge in [0, 0.05) is 27.6 Å². The van der Waals surface area contributed by atoms with Crippen molar-refractivity contribution in [2.75, 3.05) is 23.7 Å². The van der Waals surface area contributed by atoms with Gasteiger partial charge in [0.2, 0.25) is 21.8 Å². The second kappa shape index (κ2) is 12.2. The second-order valence-corrected chi connectivity index (χ2v) is 12.0. The van der Waals surface area contributed by atoms with Gasteiger partial charge in [-0.25, -0.2) is 8.42 Å². The largest absolute Gasteiger partial charge is 0.354 e. The average molecular weight is 593 g/mol. The van der Waals surface area contributed by atoms with Crippen LogP contribution in [0.3, 0.4) is 0 Å². The molecule has 0 aliphatic carbocycles. The van der Waals surface area contributed by atoms with Gasteiger partial charge in [-0.3, -0.25) is 13.9 Å². The monoisotopic (exact) mass is 591 g/mol. The summed E-state index contributed by atoms with van der Waals surface area (Å²) in [6, 6.07) is 10.6. The normalized spacial score (nSPS) is 12.4. The van der Waals surface area contributed by atoms with E-state index in [9.17, 15) is 18.0 Å². The van der Waals surface area contributed by atoms with Crippen LogP contribution in [0, 0.1) is 5.92 Å². The van der Waals surface area contributed by atoms with Gasteiger partial charge in [0.05, 0.1) is 11.9 Å². The van der Waals surface area contributed by atoms with E-state index in [1.54, 1.807) is 49.4 Å². The zero-order valence-electron chi connectivity index (χ0n) is 19.4. The number of nitrogens with one attached hydrogen (secondary N) is 1. The molecule has 1 unspecified atom stereocenters. The second-order valence-electron chi connectivity index (χ2n) is 8.32. The van der Waals surface area contributed by atoms with E-state index in [0.717, 1.165) is 10.6 Å². The van der Waals surface area contributed by atoms with Gasteiger partial charge in [-0.05, 0) is 48.7 Å². The maximum atomic E-state index is 13.5. The number of benzene rings is 2. The Bertz CT molecular complexity index is 1140. The fourth-order valence-corrected chi connectivity index (χ4v) is 4.81. The summed E-state index contributed by atoms with van der Waals surface area (Å²) >= 11 is 15.6. The average Bonchev–Trinajstić information content (AvgIpc) is 2.73. The standard InChI is InChI=1S/C23H28BrCl2N3O4S/c1-15(2)12-27-23(31)16(3)28(13-17-8-9-19(25)11-21(17)26)22(30)14-29(34(4,32)33)20-7-5-6-18(24)10-20/h5-11,15-16H,12-14H2,1-4H3,(H,27,31). The number of anilines is 1. The summed E-state index contributed by atoms with van der Waals surface area (Å²) in [5.41, 5.74) is 0.905. The summed E-state index contributed by atoms with van der Waals surface area (Å²) in [4.78, 5) is 27.6. The Morgan fingerprint density at radius 1 is 1.09 bits per heavy atom. The van der Waals surface area contributed by atoms with Gasteiger partial charge in [-0.1, -0.05) is 65.1 Å². The number of hydrogen-bond acceptors (Lipinski definition) is 4. The van der Waals surface area contributed by atoms with Crippen molar-refractivity contribution in [3.8, 4) is 0 Å². The van der Waals surface area contributed by atoms with Crippen LogP contribution in [-0.4, -0.2) is 50.5 Å². The molecule has 7 nitrogen and oxygen atoms in total. The van der Waals surface area contributed by atoms with Crippen molar-refractivity contribution in [1.82, 2.24) is 10.2 Å². The molecule has 0 saturated carbocycles. The smallest absolute Gasteiger partial charge is 0.244 e. The number of rotatable bonds is 10. The van der Waals surface area contributed by atoms with Gasteiger partial charge in [0.1, 0.15) is 12.6 Å². The minimum absolute atomic E-state index is 0.00118. The van der Waals surface area contributed by atoms with Gasteiger partial charge in [-0.2, -0.15) is 0 Å². The van der Waals surface area contributed by atoms with Crippen molar-refractivity contribution in [3.63, 3.8) is 0 Å². The third-order valence-electron chi connectivity index (χ3n) is 4.98. The van der Waals surface area contributed by atoms with Crippen LogP contribution in [0.15, 0.2) is 46.9 Å². The molecule has 34 heavy (non-hydrogen) atoms. The zero-order valence-corrected chi connectivity index (χ0v) is 23.3. The lowest BCUT2D eigenvalue weighted by atomic mass is 10.1. The van der Waals surface area contributed by atoms with Crippen LogP contribution in [0.5, 0.6) is 0 Å². The van der Waals surface area contributed by atoms with Gasteiger partial charge in [0.25, 0.3) is 0 Å². The fourth-order valence-electron chi connectivity index (χ4n) is 3.11. The SMILES string of the molecule is CC(C)CNC(=O)C(C)N(Cc1ccc(Cl)cc1Cl)C(=O)CN(c1cccc(Br)c1)S(C)(=O)=O. The van der Waals surface area contributed by atoms with E-state index < -0.39 is 28.5 Å². The summed E-state index contributed by atoms with van der Waals surface area (Å²) in [6.07, 6.45) is 1.03. The molecular weight excluding hydrogens is 565 g/mol. The molecule has 0 aliphatic heterocycles. The van der Waals surface area contributed by atoms with Crippen LogP contribution in [0.4, 0.5) is 5.69 Å². The van der Waals surface area contributed by atoms with Crippen molar-refractivity contribution in [3.05, 3.63) is 62.5 Å². The van der Waals surface area contributed by atoms with Crippen molar-refractivity contribution < 1.29 is 18.0 Å². The first kappa shape index (κ1) is 28.4. The number of nitrogens with zero attached hydrogens (tertiary/aromatic N) is 2. The van der Waals surface area contributed by atoms with E-state index in [-0.39, 0.29) is 18.4 Å². The molecule has 11 heteroatoms. The van der Waals surface area contributed by atoms with Gasteiger partial charge in [-0.15, -0.1) is 0 Å². The zero-order chi connectivity index (χ0) is 25.6. The predicted molar refractivity (Wildman–Crippen MR) is 141 cm³/mol. The van der Waals surface area contributed by atoms with E-state index in [4.69, 9.17) is 23.2 Å². The molecule has 2 rings (SSSR count). The molecule has 0 aromatic heterocycles. The van der Waals surface area contributed by atoms with Crippen LogP contribution >= 0.6 is 39.1 Å². The highest BCUT2D eigenvalue weighted by molar-refractivity contribution is 9.10. The maximum absolute atomic E-state index is 13.5. The minimum atomic E-state index is -3.80. The topological polar surface area (TPSA) is 86.8 Å². The van der Waals surface area contributed by atoms with Crippen LogP contribution in [0.25, 0.3) is 0 Å². The first-order valence-corrected chi connectivity index (χ1v) is 13.9. The number of carbonyl (C=O) groups excluding carboxylic acids is 2. The Morgan fingerprint density at radius 2 is 1.76 bits per heavy atom. The molecule has 2 aromatic carbocycles. The summed E-state index contributed by atoms with van der Waals surface area (Å²) in [6.45, 7) is 5.48. The van der Waals surface area contributed by atoms with Crippen LogP contribution in [0.1, 0.15) is 26.3 Å². The van der Waals surface area contributed by atoms with Crippen LogP contribution in [0.2, 0.25) is 10.0 Å². The summed E-state index contributed by atoms with van der Waals surface area (Å²) in [5.74, 6) is -0.674. The highest BCUT2D eigenvalue weighted by atomic mass is 79.9. The molecule has 1 atom stereocenters. The molecule has 2 aromatic rings. The van der Waals surface area contributed by atoms with E-state index in [1.807, 2.05) is 13.8 Å². The number of amides is 2. The molecule has 2 amide bonds. The van der Waals surface area contributed by atoms with E-state index in [0.29, 0.717) is 32.3 Å². The lowest BCUT2D eigenvalue weighted by molar-refractivity contribution is -0.139. The van der Waals surface area contributed by atoms with E-state index in [1.165, 1.54) is 4.90 Å². The Labute approximate surface area is 219 Å². The molecule has 0 radical (unpaired) electrons. The molecule has 1 N–H and O–H groups in total. The molecule has 0 fully saturated rings. The third-order valence-corrected chi connectivity index (χ3v) is 7.20. The summed E-state index contributed by atoms with van der Waals surface area (Å²) in [7, 11) is -3.80. The number of hydrogen-bond donors (Lipinski definition) is 1.